The molecule has 1 aliphatic rings. The number of amides is 3. The second-order valence-electron chi connectivity index (χ2n) is 13.1. The Labute approximate surface area is 322 Å². The van der Waals surface area contributed by atoms with Crippen molar-refractivity contribution in [2.75, 3.05) is 50.0 Å². The van der Waals surface area contributed by atoms with Gasteiger partial charge in [0.2, 0.25) is 5.91 Å². The van der Waals surface area contributed by atoms with Crippen LogP contribution in [0, 0.1) is 0 Å². The molecular formula is C41H42N6O9. The van der Waals surface area contributed by atoms with E-state index in [0.717, 1.165) is 18.4 Å². The summed E-state index contributed by atoms with van der Waals surface area (Å²) in [5, 5.41) is 8.85. The van der Waals surface area contributed by atoms with Crippen LogP contribution < -0.4 is 30.3 Å². The lowest BCUT2D eigenvalue weighted by molar-refractivity contribution is -0.140. The molecule has 1 atom stereocenters. The number of fused-ring (bicyclic) bond motifs is 2. The summed E-state index contributed by atoms with van der Waals surface area (Å²) in [5.41, 5.74) is 4.86. The molecule has 0 aliphatic carbocycles. The molecule has 2 aromatic heterocycles. The predicted octanol–water partition coefficient (Wildman–Crippen LogP) is 5.70. The molecule has 0 fully saturated rings. The van der Waals surface area contributed by atoms with Gasteiger partial charge in [0.15, 0.2) is 23.5 Å². The molecule has 6 rings (SSSR count). The summed E-state index contributed by atoms with van der Waals surface area (Å²) in [6.07, 6.45) is 5.55. The first-order valence-corrected chi connectivity index (χ1v) is 17.9. The Morgan fingerprint density at radius 3 is 2.52 bits per heavy atom. The zero-order valence-corrected chi connectivity index (χ0v) is 31.4. The van der Waals surface area contributed by atoms with Crippen molar-refractivity contribution in [3.05, 3.63) is 95.5 Å². The largest absolute Gasteiger partial charge is 0.493 e. The molecule has 3 N–H and O–H groups in total. The number of aldehydes is 1. The SMILES string of the molecule is COC(=O)CCNC(=O)c1cc2cc(NC(=O)c3cc(NC(=O)CCCOc4cc(N=CC5Cc6ccccc6N5C)c(C=O)cc4OC)cn3C)ccc2o1. The van der Waals surface area contributed by atoms with Gasteiger partial charge in [-0.25, -0.2) is 0 Å². The number of aryl methyl sites for hydroxylation is 1. The number of aliphatic imine (C=N–C) groups is 1. The zero-order valence-electron chi connectivity index (χ0n) is 31.4. The Balaban J connectivity index is 0.998. The van der Waals surface area contributed by atoms with Crippen LogP contribution in [0.1, 0.15) is 56.2 Å². The molecule has 0 saturated heterocycles. The highest BCUT2D eigenvalue weighted by Gasteiger charge is 2.25. The molecule has 3 heterocycles. The number of carbonyl (C=O) groups excluding carboxylic acids is 5. The van der Waals surface area contributed by atoms with Gasteiger partial charge in [-0.1, -0.05) is 18.2 Å². The summed E-state index contributed by atoms with van der Waals surface area (Å²) < 4.78 is 23.2. The van der Waals surface area contributed by atoms with Crippen LogP contribution in [0.4, 0.5) is 22.7 Å². The Kier molecular flexibility index (Phi) is 12.1. The summed E-state index contributed by atoms with van der Waals surface area (Å²) in [4.78, 5) is 68.5. The fourth-order valence-electron chi connectivity index (χ4n) is 6.32. The van der Waals surface area contributed by atoms with E-state index in [4.69, 9.17) is 13.9 Å². The molecule has 0 saturated carbocycles. The number of benzene rings is 3. The van der Waals surface area contributed by atoms with E-state index in [1.807, 2.05) is 25.4 Å². The Bertz CT molecular complexity index is 2310. The number of esters is 1. The van der Waals surface area contributed by atoms with Gasteiger partial charge >= 0.3 is 5.97 Å². The summed E-state index contributed by atoms with van der Waals surface area (Å²) in [6.45, 7) is 0.290. The second-order valence-corrected chi connectivity index (χ2v) is 13.1. The molecule has 0 radical (unpaired) electrons. The van der Waals surface area contributed by atoms with Crippen LogP contribution in [0.5, 0.6) is 11.5 Å². The number of aromatic nitrogens is 1. The standard InChI is InChI=1S/C41H42N6O9/c1-46-23-29(20-33(46)40(51)45-28-11-12-34-26(16-28)18-37(56-34)41(52)42-14-13-39(50)54-4)44-38(49)10-7-15-55-36-21-31(27(24-48)19-35(36)53-3)43-22-30-17-25-8-5-6-9-32(25)47(30)2/h5-6,8-9,11-12,16,18-24,30H,7,10,13-15,17H2,1-4H3,(H,42,52)(H,44,49)(H,45,51). The van der Waals surface area contributed by atoms with Crippen LogP contribution in [0.15, 0.2) is 82.3 Å². The van der Waals surface area contributed by atoms with Gasteiger partial charge < -0.3 is 44.0 Å². The van der Waals surface area contributed by atoms with Crippen molar-refractivity contribution in [2.24, 2.45) is 12.0 Å². The van der Waals surface area contributed by atoms with Gasteiger partial charge in [-0.05, 0) is 60.9 Å². The minimum Gasteiger partial charge on any atom is -0.493 e. The van der Waals surface area contributed by atoms with Crippen LogP contribution in [0.2, 0.25) is 0 Å². The molecule has 0 spiro atoms. The van der Waals surface area contributed by atoms with Crippen molar-refractivity contribution >= 4 is 69.9 Å². The Morgan fingerprint density at radius 1 is 0.929 bits per heavy atom. The second kappa shape index (κ2) is 17.5. The van der Waals surface area contributed by atoms with Crippen LogP contribution in [-0.2, 0) is 27.8 Å². The fourth-order valence-corrected chi connectivity index (χ4v) is 6.32. The third-order valence-electron chi connectivity index (χ3n) is 9.29. The molecule has 15 nitrogen and oxygen atoms in total. The smallest absolute Gasteiger partial charge is 0.307 e. The number of carbonyl (C=O) groups is 5. The van der Waals surface area contributed by atoms with E-state index in [2.05, 4.69) is 42.7 Å². The van der Waals surface area contributed by atoms with Crippen molar-refractivity contribution in [1.82, 2.24) is 9.88 Å². The van der Waals surface area contributed by atoms with Gasteiger partial charge in [0.25, 0.3) is 11.8 Å². The van der Waals surface area contributed by atoms with Gasteiger partial charge in [-0.3, -0.25) is 29.0 Å². The molecule has 15 heteroatoms. The molecule has 56 heavy (non-hydrogen) atoms. The number of methoxy groups -OCH3 is 2. The van der Waals surface area contributed by atoms with Gasteiger partial charge in [0, 0.05) is 67.9 Å². The summed E-state index contributed by atoms with van der Waals surface area (Å²) in [7, 11) is 6.46. The molecule has 1 aliphatic heterocycles. The number of furan rings is 1. The van der Waals surface area contributed by atoms with Crippen LogP contribution in [0.3, 0.4) is 0 Å². The average molecular weight is 763 g/mol. The van der Waals surface area contributed by atoms with Gasteiger partial charge in [-0.15, -0.1) is 0 Å². The Hall–Kier alpha value is -6.90. The van der Waals surface area contributed by atoms with Crippen LogP contribution in [-0.4, -0.2) is 81.2 Å². The first-order chi connectivity index (χ1) is 27.1. The number of likely N-dealkylation sites (N-methyl/N-ethyl adjacent to an activating group) is 1. The Morgan fingerprint density at radius 2 is 1.75 bits per heavy atom. The minimum absolute atomic E-state index is 0.0296. The first-order valence-electron chi connectivity index (χ1n) is 17.9. The molecular weight excluding hydrogens is 720 g/mol. The molecule has 290 valence electrons. The molecule has 5 aromatic rings. The van der Waals surface area contributed by atoms with Gasteiger partial charge in [0.1, 0.15) is 11.3 Å². The van der Waals surface area contributed by atoms with E-state index < -0.39 is 17.8 Å². The number of ether oxygens (including phenoxy) is 3. The number of hydrogen-bond acceptors (Lipinski definition) is 11. The summed E-state index contributed by atoms with van der Waals surface area (Å²) >= 11 is 0. The average Bonchev–Trinajstić information content (AvgIpc) is 3.89. The van der Waals surface area contributed by atoms with E-state index in [1.165, 1.54) is 19.8 Å². The predicted molar refractivity (Wildman–Crippen MR) is 211 cm³/mol. The third kappa shape index (κ3) is 9.06. The number of anilines is 3. The van der Waals surface area contributed by atoms with Gasteiger partial charge in [0.05, 0.1) is 44.7 Å². The highest BCUT2D eigenvalue weighted by molar-refractivity contribution is 6.06. The molecule has 1 unspecified atom stereocenters. The van der Waals surface area contributed by atoms with E-state index >= 15 is 0 Å². The molecule has 3 aromatic carbocycles. The van der Waals surface area contributed by atoms with E-state index in [1.54, 1.807) is 60.3 Å². The molecule has 3 amide bonds. The maximum atomic E-state index is 13.2. The number of nitrogens with zero attached hydrogens (tertiary/aromatic N) is 3. The number of para-hydroxylation sites is 1. The number of hydrogen-bond donors (Lipinski definition) is 3. The van der Waals surface area contributed by atoms with E-state index in [-0.39, 0.29) is 43.7 Å². The minimum atomic E-state index is -0.484. The van der Waals surface area contributed by atoms with E-state index in [9.17, 15) is 24.0 Å². The zero-order chi connectivity index (χ0) is 39.8. The monoisotopic (exact) mass is 762 g/mol. The maximum absolute atomic E-state index is 13.2. The quantitative estimate of drug-likeness (QED) is 0.0488. The lowest BCUT2D eigenvalue weighted by Gasteiger charge is -2.19. The lowest BCUT2D eigenvalue weighted by Crippen LogP contribution is -2.28. The fraction of sp³-hybridized carbons (Fsp3) is 0.268. The lowest BCUT2D eigenvalue weighted by atomic mass is 10.1. The topological polar surface area (TPSA) is 183 Å². The highest BCUT2D eigenvalue weighted by atomic mass is 16.5. The van der Waals surface area contributed by atoms with Crippen LogP contribution in [0.25, 0.3) is 11.0 Å². The molecule has 0 bridgehead atoms. The highest BCUT2D eigenvalue weighted by Crippen LogP contribution is 2.35. The third-order valence-corrected chi connectivity index (χ3v) is 9.29. The first kappa shape index (κ1) is 38.8. The van der Waals surface area contributed by atoms with Crippen molar-refractivity contribution in [3.8, 4) is 11.5 Å². The van der Waals surface area contributed by atoms with Crippen molar-refractivity contribution in [3.63, 3.8) is 0 Å². The van der Waals surface area contributed by atoms with Crippen molar-refractivity contribution < 1.29 is 42.6 Å². The maximum Gasteiger partial charge on any atom is 0.307 e. The number of nitrogens with one attached hydrogen (secondary N) is 3. The van der Waals surface area contributed by atoms with Crippen molar-refractivity contribution in [2.45, 2.75) is 31.7 Å². The van der Waals surface area contributed by atoms with Crippen molar-refractivity contribution in [1.29, 1.82) is 0 Å². The number of rotatable bonds is 16. The van der Waals surface area contributed by atoms with Crippen LogP contribution >= 0.6 is 0 Å². The summed E-state index contributed by atoms with van der Waals surface area (Å²) in [5.74, 6) is -0.769. The summed E-state index contributed by atoms with van der Waals surface area (Å²) in [6, 6.07) is 19.5. The van der Waals surface area contributed by atoms with Gasteiger partial charge in [-0.2, -0.15) is 0 Å². The van der Waals surface area contributed by atoms with E-state index in [0.29, 0.717) is 57.2 Å². The normalized spacial score (nSPS) is 13.4.